The van der Waals surface area contributed by atoms with Crippen molar-refractivity contribution in [1.29, 1.82) is 0 Å². The van der Waals surface area contributed by atoms with E-state index in [1.807, 2.05) is 36.4 Å². The van der Waals surface area contributed by atoms with Crippen LogP contribution in [0.1, 0.15) is 57.5 Å². The lowest BCUT2D eigenvalue weighted by Gasteiger charge is -2.44. The lowest BCUT2D eigenvalue weighted by Crippen LogP contribution is -2.51. The Morgan fingerprint density at radius 2 is 1.65 bits per heavy atom. The van der Waals surface area contributed by atoms with Crippen LogP contribution in [0.4, 0.5) is 0 Å². The van der Waals surface area contributed by atoms with Gasteiger partial charge in [0.1, 0.15) is 12.3 Å². The SMILES string of the molecule is CC(C)[Si](C(C)C)(C(C)C)n1ccc2c(Cl)c(C(=O)COCc3ccccc3)cnc21. The van der Waals surface area contributed by atoms with Crippen molar-refractivity contribution in [3.05, 3.63) is 64.9 Å². The van der Waals surface area contributed by atoms with E-state index in [4.69, 9.17) is 21.3 Å². The van der Waals surface area contributed by atoms with Crippen molar-refractivity contribution in [3.63, 3.8) is 0 Å². The van der Waals surface area contributed by atoms with Gasteiger partial charge in [0.15, 0.2) is 14.0 Å². The van der Waals surface area contributed by atoms with Gasteiger partial charge in [0.05, 0.1) is 17.2 Å². The molecule has 0 saturated heterocycles. The van der Waals surface area contributed by atoms with Crippen LogP contribution < -0.4 is 0 Å². The maximum absolute atomic E-state index is 12.8. The van der Waals surface area contributed by atoms with E-state index >= 15 is 0 Å². The zero-order chi connectivity index (χ0) is 22.8. The third-order valence-electron chi connectivity index (χ3n) is 6.49. The zero-order valence-corrected chi connectivity index (χ0v) is 21.1. The Morgan fingerprint density at radius 3 is 2.23 bits per heavy atom. The minimum Gasteiger partial charge on any atom is -0.369 e. The van der Waals surface area contributed by atoms with Crippen LogP contribution in [0.25, 0.3) is 11.0 Å². The summed E-state index contributed by atoms with van der Waals surface area (Å²) >= 11 is 6.72. The summed E-state index contributed by atoms with van der Waals surface area (Å²) in [5.74, 6) is -0.150. The number of ketones is 1. The van der Waals surface area contributed by atoms with Crippen molar-refractivity contribution >= 4 is 36.7 Å². The highest BCUT2D eigenvalue weighted by molar-refractivity contribution is 6.82. The summed E-state index contributed by atoms with van der Waals surface area (Å²) in [6.45, 7) is 14.3. The van der Waals surface area contributed by atoms with Crippen LogP contribution in [-0.4, -0.2) is 29.8 Å². The van der Waals surface area contributed by atoms with E-state index in [-0.39, 0.29) is 12.4 Å². The summed E-state index contributed by atoms with van der Waals surface area (Å²) in [5.41, 5.74) is 3.95. The third-order valence-corrected chi connectivity index (χ3v) is 13.6. The molecule has 0 atom stereocenters. The summed E-state index contributed by atoms with van der Waals surface area (Å²) in [7, 11) is -1.96. The number of benzene rings is 1. The van der Waals surface area contributed by atoms with Gasteiger partial charge in [-0.1, -0.05) is 83.5 Å². The van der Waals surface area contributed by atoms with Gasteiger partial charge in [-0.25, -0.2) is 4.98 Å². The van der Waals surface area contributed by atoms with Crippen LogP contribution in [0.15, 0.2) is 48.8 Å². The highest BCUT2D eigenvalue weighted by Gasteiger charge is 2.46. The van der Waals surface area contributed by atoms with Crippen molar-refractivity contribution in [2.75, 3.05) is 6.61 Å². The number of hydrogen-bond donors (Lipinski definition) is 0. The second-order valence-electron chi connectivity index (χ2n) is 9.16. The number of pyridine rings is 1. The fraction of sp³-hybridized carbons (Fsp3) is 0.440. The van der Waals surface area contributed by atoms with Gasteiger partial charge in [0, 0.05) is 11.6 Å². The lowest BCUT2D eigenvalue weighted by molar-refractivity contribution is 0.0726. The fourth-order valence-corrected chi connectivity index (χ4v) is 12.2. The van der Waals surface area contributed by atoms with Gasteiger partial charge in [-0.2, -0.15) is 0 Å². The number of ether oxygens (including phenoxy) is 1. The van der Waals surface area contributed by atoms with Gasteiger partial charge in [-0.15, -0.1) is 0 Å². The number of hydrogen-bond acceptors (Lipinski definition) is 3. The van der Waals surface area contributed by atoms with Crippen LogP contribution in [0.5, 0.6) is 0 Å². The minimum atomic E-state index is -1.96. The Labute approximate surface area is 191 Å². The lowest BCUT2D eigenvalue weighted by atomic mass is 10.1. The van der Waals surface area contributed by atoms with Crippen LogP contribution in [0, 0.1) is 0 Å². The quantitative estimate of drug-likeness (QED) is 0.254. The van der Waals surface area contributed by atoms with Gasteiger partial charge in [0.2, 0.25) is 0 Å². The first-order valence-electron chi connectivity index (χ1n) is 11.0. The molecule has 0 N–H and O–H groups in total. The average molecular weight is 457 g/mol. The summed E-state index contributed by atoms with van der Waals surface area (Å²) in [4.78, 5) is 17.5. The molecule has 2 heterocycles. The molecule has 2 aromatic heterocycles. The Morgan fingerprint density at radius 1 is 1.03 bits per heavy atom. The predicted octanol–water partition coefficient (Wildman–Crippen LogP) is 7.11. The van der Waals surface area contributed by atoms with Crippen LogP contribution >= 0.6 is 11.6 Å². The van der Waals surface area contributed by atoms with E-state index in [2.05, 4.69) is 52.0 Å². The van der Waals surface area contributed by atoms with Crippen molar-refractivity contribution in [1.82, 2.24) is 9.22 Å². The molecule has 0 amide bonds. The predicted molar refractivity (Wildman–Crippen MR) is 132 cm³/mol. The molecule has 0 bridgehead atoms. The number of Topliss-reactive ketones (excluding diaryl/α,β-unsaturated/α-hetero) is 1. The first-order valence-corrected chi connectivity index (χ1v) is 13.6. The standard InChI is InChI=1S/C25H33ClN2O2Si/c1-17(2)31(18(3)4,19(5)6)28-13-12-21-24(26)22(14-27-25(21)28)23(29)16-30-15-20-10-8-7-9-11-20/h7-14,17-19H,15-16H2,1-6H3. The van der Waals surface area contributed by atoms with E-state index in [1.54, 1.807) is 6.20 Å². The van der Waals surface area contributed by atoms with Gasteiger partial charge in [0.25, 0.3) is 0 Å². The molecular weight excluding hydrogens is 424 g/mol. The Hall–Kier alpha value is -1.95. The molecule has 0 aliphatic rings. The van der Waals surface area contributed by atoms with E-state index in [9.17, 15) is 4.79 Å². The highest BCUT2D eigenvalue weighted by Crippen LogP contribution is 2.44. The van der Waals surface area contributed by atoms with Crippen molar-refractivity contribution in [2.45, 2.75) is 64.8 Å². The summed E-state index contributed by atoms with van der Waals surface area (Å²) in [6.07, 6.45) is 3.76. The molecule has 3 rings (SSSR count). The zero-order valence-electron chi connectivity index (χ0n) is 19.4. The molecule has 0 fully saturated rings. The van der Waals surface area contributed by atoms with Crippen molar-refractivity contribution in [3.8, 4) is 0 Å². The molecule has 0 spiro atoms. The second-order valence-corrected chi connectivity index (χ2v) is 15.3. The van der Waals surface area contributed by atoms with Gasteiger partial charge < -0.3 is 8.97 Å². The second kappa shape index (κ2) is 9.68. The number of fused-ring (bicyclic) bond motifs is 1. The summed E-state index contributed by atoms with van der Waals surface area (Å²) < 4.78 is 8.03. The Kier molecular flexibility index (Phi) is 7.40. The molecule has 0 unspecified atom stereocenters. The first kappa shape index (κ1) is 23.7. The normalized spacial score (nSPS) is 12.5. The highest BCUT2D eigenvalue weighted by atomic mass is 35.5. The van der Waals surface area contributed by atoms with E-state index in [0.717, 1.165) is 16.6 Å². The first-order chi connectivity index (χ1) is 14.7. The molecule has 31 heavy (non-hydrogen) atoms. The molecule has 6 heteroatoms. The Bertz CT molecular complexity index is 1020. The summed E-state index contributed by atoms with van der Waals surface area (Å²) in [6, 6.07) is 11.8. The van der Waals surface area contributed by atoms with Crippen molar-refractivity contribution in [2.24, 2.45) is 0 Å². The number of rotatable bonds is 9. The number of nitrogens with zero attached hydrogens (tertiary/aromatic N) is 2. The maximum Gasteiger partial charge on any atom is 0.191 e. The van der Waals surface area contributed by atoms with E-state index in [1.165, 1.54) is 0 Å². The van der Waals surface area contributed by atoms with Gasteiger partial charge in [-0.05, 0) is 34.5 Å². The maximum atomic E-state index is 12.8. The van der Waals surface area contributed by atoms with Gasteiger partial charge >= 0.3 is 0 Å². The molecule has 0 radical (unpaired) electrons. The molecule has 3 aromatic rings. The van der Waals surface area contributed by atoms with E-state index in [0.29, 0.717) is 33.8 Å². The monoisotopic (exact) mass is 456 g/mol. The number of aromatic nitrogens is 2. The van der Waals surface area contributed by atoms with Crippen LogP contribution in [-0.2, 0) is 11.3 Å². The van der Waals surface area contributed by atoms with Crippen LogP contribution in [0.3, 0.4) is 0 Å². The van der Waals surface area contributed by atoms with Gasteiger partial charge in [-0.3, -0.25) is 4.79 Å². The third kappa shape index (κ3) is 4.36. The fourth-order valence-electron chi connectivity index (χ4n) is 5.31. The van der Waals surface area contributed by atoms with Crippen molar-refractivity contribution < 1.29 is 9.53 Å². The van der Waals surface area contributed by atoms with E-state index < -0.39 is 8.24 Å². The molecule has 0 aliphatic carbocycles. The summed E-state index contributed by atoms with van der Waals surface area (Å²) in [5, 5.41) is 1.31. The number of carbonyl (C=O) groups excluding carboxylic acids is 1. The molecular formula is C25H33ClN2O2Si. The molecule has 4 nitrogen and oxygen atoms in total. The molecule has 1 aromatic carbocycles. The number of carbonyl (C=O) groups is 1. The molecule has 0 saturated carbocycles. The smallest absolute Gasteiger partial charge is 0.191 e. The Balaban J connectivity index is 1.91. The molecule has 166 valence electrons. The topological polar surface area (TPSA) is 44.1 Å². The molecule has 0 aliphatic heterocycles. The largest absolute Gasteiger partial charge is 0.369 e. The average Bonchev–Trinajstić information content (AvgIpc) is 3.14. The number of halogens is 1. The van der Waals surface area contributed by atoms with Crippen LogP contribution in [0.2, 0.25) is 21.6 Å². The minimum absolute atomic E-state index is 0.0226.